The Morgan fingerprint density at radius 2 is 2.00 bits per heavy atom. The number of nitrogens with one attached hydrogen (secondary N) is 1. The number of aryl methyl sites for hydroxylation is 1. The van der Waals surface area contributed by atoms with Crippen molar-refractivity contribution >= 4 is 21.6 Å². The van der Waals surface area contributed by atoms with Gasteiger partial charge in [0.05, 0.1) is 5.92 Å². The quantitative estimate of drug-likeness (QED) is 0.909. The molecule has 132 valence electrons. The van der Waals surface area contributed by atoms with Gasteiger partial charge in [0.2, 0.25) is 15.9 Å². The summed E-state index contributed by atoms with van der Waals surface area (Å²) in [4.78, 5) is 16.6. The van der Waals surface area contributed by atoms with Crippen LogP contribution in [0.25, 0.3) is 0 Å². The topological polar surface area (TPSA) is 79.4 Å². The van der Waals surface area contributed by atoms with Crippen molar-refractivity contribution in [2.45, 2.75) is 24.7 Å². The molecule has 1 aromatic heterocycles. The van der Waals surface area contributed by atoms with Gasteiger partial charge >= 0.3 is 0 Å². The van der Waals surface area contributed by atoms with Crippen LogP contribution in [0.4, 0.5) is 5.69 Å². The van der Waals surface area contributed by atoms with Gasteiger partial charge in [-0.15, -0.1) is 0 Å². The molecule has 6 nitrogen and oxygen atoms in total. The Morgan fingerprint density at radius 3 is 2.68 bits per heavy atom. The highest BCUT2D eigenvalue weighted by Crippen LogP contribution is 2.24. The normalized spacial score (nSPS) is 18.7. The molecule has 3 rings (SSSR count). The van der Waals surface area contributed by atoms with E-state index in [1.165, 1.54) is 22.8 Å². The molecule has 1 N–H and O–H groups in total. The van der Waals surface area contributed by atoms with Gasteiger partial charge in [0.1, 0.15) is 4.90 Å². The fraction of sp³-hybridized carbons (Fsp3) is 0.333. The smallest absolute Gasteiger partial charge is 0.244 e. The lowest BCUT2D eigenvalue weighted by molar-refractivity contribution is -0.120. The first kappa shape index (κ1) is 17.6. The molecule has 25 heavy (non-hydrogen) atoms. The molecular formula is C18H21N3O3S. The second-order valence-corrected chi connectivity index (χ2v) is 8.18. The monoisotopic (exact) mass is 359 g/mol. The lowest BCUT2D eigenvalue weighted by Crippen LogP contribution is -2.43. The maximum absolute atomic E-state index is 12.7. The van der Waals surface area contributed by atoms with Crippen LogP contribution >= 0.6 is 0 Å². The first-order valence-corrected chi connectivity index (χ1v) is 9.68. The SMILES string of the molecule is Cc1ccc(NC(=O)C2CCCN(S(=O)(=O)c3cccnc3)C2)cc1. The molecule has 0 radical (unpaired) electrons. The van der Waals surface area contributed by atoms with Crippen molar-refractivity contribution in [1.82, 2.24) is 9.29 Å². The molecule has 1 saturated heterocycles. The summed E-state index contributed by atoms with van der Waals surface area (Å²) < 4.78 is 26.8. The summed E-state index contributed by atoms with van der Waals surface area (Å²) in [6.45, 7) is 2.59. The van der Waals surface area contributed by atoms with E-state index in [4.69, 9.17) is 0 Å². The van der Waals surface area contributed by atoms with Gasteiger partial charge in [0.15, 0.2) is 0 Å². The molecule has 1 atom stereocenters. The molecule has 1 aliphatic rings. The Balaban J connectivity index is 1.70. The number of carbonyl (C=O) groups is 1. The number of piperidine rings is 1. The van der Waals surface area contributed by atoms with E-state index in [2.05, 4.69) is 10.3 Å². The van der Waals surface area contributed by atoms with E-state index in [0.29, 0.717) is 19.4 Å². The fourth-order valence-corrected chi connectivity index (χ4v) is 4.39. The van der Waals surface area contributed by atoms with Crippen molar-refractivity contribution in [3.05, 3.63) is 54.4 Å². The van der Waals surface area contributed by atoms with Crippen LogP contribution in [-0.2, 0) is 14.8 Å². The molecule has 0 spiro atoms. The van der Waals surface area contributed by atoms with Gasteiger partial charge < -0.3 is 5.32 Å². The van der Waals surface area contributed by atoms with Crippen LogP contribution in [0.5, 0.6) is 0 Å². The largest absolute Gasteiger partial charge is 0.326 e. The van der Waals surface area contributed by atoms with E-state index < -0.39 is 10.0 Å². The van der Waals surface area contributed by atoms with Crippen LogP contribution in [0.3, 0.4) is 0 Å². The number of carbonyl (C=O) groups excluding carboxylic acids is 1. The van der Waals surface area contributed by atoms with Gasteiger partial charge in [0, 0.05) is 31.2 Å². The van der Waals surface area contributed by atoms with Crippen molar-refractivity contribution in [3.8, 4) is 0 Å². The summed E-state index contributed by atoms with van der Waals surface area (Å²) in [7, 11) is -3.62. The number of nitrogens with zero attached hydrogens (tertiary/aromatic N) is 2. The highest BCUT2D eigenvalue weighted by Gasteiger charge is 2.33. The predicted molar refractivity (Wildman–Crippen MR) is 95.5 cm³/mol. The molecular weight excluding hydrogens is 338 g/mol. The van der Waals surface area contributed by atoms with Crippen molar-refractivity contribution < 1.29 is 13.2 Å². The number of amides is 1. The second-order valence-electron chi connectivity index (χ2n) is 6.25. The summed E-state index contributed by atoms with van der Waals surface area (Å²) in [5, 5.41) is 2.88. The highest BCUT2D eigenvalue weighted by atomic mass is 32.2. The van der Waals surface area contributed by atoms with Gasteiger partial charge in [-0.2, -0.15) is 4.31 Å². The minimum Gasteiger partial charge on any atom is -0.326 e. The van der Waals surface area contributed by atoms with Gasteiger partial charge in [-0.05, 0) is 44.0 Å². The third-order valence-corrected chi connectivity index (χ3v) is 6.19. The summed E-state index contributed by atoms with van der Waals surface area (Å²) >= 11 is 0. The van der Waals surface area contributed by atoms with Crippen molar-refractivity contribution in [2.75, 3.05) is 18.4 Å². The Hall–Kier alpha value is -2.25. The minimum absolute atomic E-state index is 0.144. The van der Waals surface area contributed by atoms with Crippen LogP contribution < -0.4 is 5.32 Å². The lowest BCUT2D eigenvalue weighted by atomic mass is 9.98. The molecule has 0 saturated carbocycles. The van der Waals surface area contributed by atoms with Crippen molar-refractivity contribution in [1.29, 1.82) is 0 Å². The number of sulfonamides is 1. The Kier molecular flexibility index (Phi) is 5.15. The van der Waals surface area contributed by atoms with Crippen LogP contribution in [0.2, 0.25) is 0 Å². The first-order valence-electron chi connectivity index (χ1n) is 8.24. The molecule has 0 bridgehead atoms. The third kappa shape index (κ3) is 4.05. The zero-order chi connectivity index (χ0) is 17.9. The number of rotatable bonds is 4. The van der Waals surface area contributed by atoms with Crippen LogP contribution in [0.15, 0.2) is 53.7 Å². The van der Waals surface area contributed by atoms with Crippen LogP contribution in [0, 0.1) is 12.8 Å². The van der Waals surface area contributed by atoms with E-state index in [9.17, 15) is 13.2 Å². The molecule has 1 unspecified atom stereocenters. The number of benzene rings is 1. The maximum atomic E-state index is 12.7. The summed E-state index contributed by atoms with van der Waals surface area (Å²) in [6.07, 6.45) is 4.21. The zero-order valence-electron chi connectivity index (χ0n) is 14.1. The van der Waals surface area contributed by atoms with Gasteiger partial charge in [-0.25, -0.2) is 8.42 Å². The summed E-state index contributed by atoms with van der Waals surface area (Å²) in [5.74, 6) is -0.503. The number of hydrogen-bond acceptors (Lipinski definition) is 4. The Labute approximate surface area is 147 Å². The molecule has 7 heteroatoms. The second kappa shape index (κ2) is 7.33. The average molecular weight is 359 g/mol. The lowest BCUT2D eigenvalue weighted by Gasteiger charge is -2.31. The van der Waals surface area contributed by atoms with E-state index in [0.717, 1.165) is 11.3 Å². The molecule has 1 amide bonds. The summed E-state index contributed by atoms with van der Waals surface area (Å²) in [6, 6.07) is 10.7. The van der Waals surface area contributed by atoms with E-state index in [1.54, 1.807) is 6.07 Å². The zero-order valence-corrected chi connectivity index (χ0v) is 14.9. The molecule has 2 aromatic rings. The van der Waals surface area contributed by atoms with E-state index >= 15 is 0 Å². The number of pyridine rings is 1. The molecule has 1 aliphatic heterocycles. The van der Waals surface area contributed by atoms with Gasteiger partial charge in [0.25, 0.3) is 0 Å². The molecule has 1 aromatic carbocycles. The van der Waals surface area contributed by atoms with Crippen LogP contribution in [0.1, 0.15) is 18.4 Å². The fourth-order valence-electron chi connectivity index (χ4n) is 2.90. The Bertz CT molecular complexity index is 836. The highest BCUT2D eigenvalue weighted by molar-refractivity contribution is 7.89. The summed E-state index contributed by atoms with van der Waals surface area (Å²) in [5.41, 5.74) is 1.84. The number of hydrogen-bond donors (Lipinski definition) is 1. The first-order chi connectivity index (χ1) is 12.0. The third-order valence-electron chi connectivity index (χ3n) is 4.35. The minimum atomic E-state index is -3.62. The Morgan fingerprint density at radius 1 is 1.24 bits per heavy atom. The van der Waals surface area contributed by atoms with Crippen molar-refractivity contribution in [2.24, 2.45) is 5.92 Å². The molecule has 1 fully saturated rings. The van der Waals surface area contributed by atoms with Gasteiger partial charge in [-0.1, -0.05) is 17.7 Å². The van der Waals surface area contributed by atoms with E-state index in [1.807, 2.05) is 31.2 Å². The van der Waals surface area contributed by atoms with Crippen molar-refractivity contribution in [3.63, 3.8) is 0 Å². The average Bonchev–Trinajstić information content (AvgIpc) is 2.64. The number of aromatic nitrogens is 1. The van der Waals surface area contributed by atoms with E-state index in [-0.39, 0.29) is 23.3 Å². The standard InChI is InChI=1S/C18H21N3O3S/c1-14-6-8-16(9-7-14)20-18(22)15-4-3-11-21(13-15)25(23,24)17-5-2-10-19-12-17/h2,5-10,12,15H,3-4,11,13H2,1H3,(H,20,22). The number of anilines is 1. The molecule has 0 aliphatic carbocycles. The molecule has 2 heterocycles. The predicted octanol–water partition coefficient (Wildman–Crippen LogP) is 2.43. The van der Waals surface area contributed by atoms with Gasteiger partial charge in [-0.3, -0.25) is 9.78 Å². The van der Waals surface area contributed by atoms with Crippen LogP contribution in [-0.4, -0.2) is 36.7 Å². The maximum Gasteiger partial charge on any atom is 0.244 e.